The Morgan fingerprint density at radius 3 is 2.32 bits per heavy atom. The number of amides is 1. The SMILES string of the molecule is COCCN(CCOC)C(=O)c1ccc(Br)cc1F. The third kappa shape index (κ3) is 4.89. The normalized spacial score (nSPS) is 10.5. The molecule has 0 aromatic heterocycles. The van der Waals surface area contributed by atoms with E-state index in [9.17, 15) is 9.18 Å². The van der Waals surface area contributed by atoms with E-state index in [1.807, 2.05) is 0 Å². The first-order chi connectivity index (χ1) is 9.10. The largest absolute Gasteiger partial charge is 0.383 e. The van der Waals surface area contributed by atoms with Crippen molar-refractivity contribution >= 4 is 21.8 Å². The zero-order valence-electron chi connectivity index (χ0n) is 11.0. The van der Waals surface area contributed by atoms with Crippen molar-refractivity contribution in [2.45, 2.75) is 0 Å². The predicted molar refractivity (Wildman–Crippen MR) is 73.8 cm³/mol. The van der Waals surface area contributed by atoms with Gasteiger partial charge >= 0.3 is 0 Å². The summed E-state index contributed by atoms with van der Waals surface area (Å²) in [5, 5.41) is 0. The van der Waals surface area contributed by atoms with E-state index in [0.29, 0.717) is 30.8 Å². The second-order valence-electron chi connectivity index (χ2n) is 3.90. The summed E-state index contributed by atoms with van der Waals surface area (Å²) >= 11 is 3.16. The summed E-state index contributed by atoms with van der Waals surface area (Å²) in [5.74, 6) is -0.904. The average molecular weight is 334 g/mol. The fourth-order valence-electron chi connectivity index (χ4n) is 1.55. The van der Waals surface area contributed by atoms with Crippen LogP contribution in [0.4, 0.5) is 4.39 Å². The Labute approximate surface area is 120 Å². The van der Waals surface area contributed by atoms with Crippen molar-refractivity contribution in [2.75, 3.05) is 40.5 Å². The topological polar surface area (TPSA) is 38.8 Å². The van der Waals surface area contributed by atoms with E-state index >= 15 is 0 Å². The van der Waals surface area contributed by atoms with Crippen LogP contribution < -0.4 is 0 Å². The molecule has 0 saturated carbocycles. The molecule has 1 aromatic rings. The van der Waals surface area contributed by atoms with Crippen LogP contribution in [0.3, 0.4) is 0 Å². The number of hydrogen-bond donors (Lipinski definition) is 0. The molecule has 0 N–H and O–H groups in total. The van der Waals surface area contributed by atoms with Gasteiger partial charge in [0.25, 0.3) is 5.91 Å². The molecule has 0 heterocycles. The van der Waals surface area contributed by atoms with Crippen molar-refractivity contribution in [3.63, 3.8) is 0 Å². The minimum Gasteiger partial charge on any atom is -0.383 e. The molecule has 19 heavy (non-hydrogen) atoms. The minimum absolute atomic E-state index is 0.0513. The Morgan fingerprint density at radius 1 is 1.26 bits per heavy atom. The molecule has 0 aliphatic carbocycles. The van der Waals surface area contributed by atoms with Gasteiger partial charge in [0, 0.05) is 31.8 Å². The van der Waals surface area contributed by atoms with Gasteiger partial charge in [-0.25, -0.2) is 4.39 Å². The van der Waals surface area contributed by atoms with E-state index in [2.05, 4.69) is 15.9 Å². The molecule has 0 bridgehead atoms. The first kappa shape index (κ1) is 16.1. The second-order valence-corrected chi connectivity index (χ2v) is 4.82. The molecule has 0 saturated heterocycles. The summed E-state index contributed by atoms with van der Waals surface area (Å²) in [5.41, 5.74) is 0.0513. The summed E-state index contributed by atoms with van der Waals surface area (Å²) in [6, 6.07) is 4.38. The van der Waals surface area contributed by atoms with Crippen LogP contribution in [0.1, 0.15) is 10.4 Å². The number of rotatable bonds is 7. The van der Waals surface area contributed by atoms with Gasteiger partial charge in [0.2, 0.25) is 0 Å². The van der Waals surface area contributed by atoms with Gasteiger partial charge in [-0.2, -0.15) is 0 Å². The van der Waals surface area contributed by atoms with Crippen LogP contribution in [0.25, 0.3) is 0 Å². The van der Waals surface area contributed by atoms with Crippen molar-refractivity contribution in [2.24, 2.45) is 0 Å². The summed E-state index contributed by atoms with van der Waals surface area (Å²) in [4.78, 5) is 13.8. The van der Waals surface area contributed by atoms with Crippen molar-refractivity contribution in [1.82, 2.24) is 4.90 Å². The lowest BCUT2D eigenvalue weighted by Crippen LogP contribution is -2.36. The third-order valence-corrected chi connectivity index (χ3v) is 3.07. The third-order valence-electron chi connectivity index (χ3n) is 2.58. The number of methoxy groups -OCH3 is 2. The zero-order valence-corrected chi connectivity index (χ0v) is 12.6. The highest BCUT2D eigenvalue weighted by Gasteiger charge is 2.18. The smallest absolute Gasteiger partial charge is 0.256 e. The Kier molecular flexibility index (Phi) is 6.97. The number of ether oxygens (including phenoxy) is 2. The number of carbonyl (C=O) groups excluding carboxylic acids is 1. The van der Waals surface area contributed by atoms with E-state index in [1.165, 1.54) is 17.0 Å². The molecular weight excluding hydrogens is 317 g/mol. The molecule has 0 unspecified atom stereocenters. The summed E-state index contributed by atoms with van der Waals surface area (Å²) in [6.07, 6.45) is 0. The Bertz CT molecular complexity index is 420. The molecule has 0 spiro atoms. The van der Waals surface area contributed by atoms with Gasteiger partial charge in [0.15, 0.2) is 0 Å². The summed E-state index contributed by atoms with van der Waals surface area (Å²) < 4.78 is 24.3. The standard InChI is InChI=1S/C13H17BrFNO3/c1-18-7-5-16(6-8-19-2)13(17)11-4-3-10(14)9-12(11)15/h3-4,9H,5-8H2,1-2H3. The Hall–Kier alpha value is -0.980. The number of halogens is 2. The van der Waals surface area contributed by atoms with Gasteiger partial charge in [-0.3, -0.25) is 4.79 Å². The van der Waals surface area contributed by atoms with Crippen LogP contribution >= 0.6 is 15.9 Å². The van der Waals surface area contributed by atoms with Crippen molar-refractivity contribution in [3.05, 3.63) is 34.1 Å². The van der Waals surface area contributed by atoms with Crippen molar-refractivity contribution in [1.29, 1.82) is 0 Å². The monoisotopic (exact) mass is 333 g/mol. The number of carbonyl (C=O) groups is 1. The molecule has 106 valence electrons. The maximum absolute atomic E-state index is 13.8. The second kappa shape index (κ2) is 8.24. The van der Waals surface area contributed by atoms with Crippen LogP contribution in [0, 0.1) is 5.82 Å². The first-order valence-electron chi connectivity index (χ1n) is 5.82. The van der Waals surface area contributed by atoms with E-state index in [4.69, 9.17) is 9.47 Å². The van der Waals surface area contributed by atoms with Crippen LogP contribution in [0.5, 0.6) is 0 Å². The summed E-state index contributed by atoms with van der Waals surface area (Å²) in [6.45, 7) is 1.59. The fraction of sp³-hybridized carbons (Fsp3) is 0.462. The molecule has 0 radical (unpaired) electrons. The lowest BCUT2D eigenvalue weighted by atomic mass is 10.2. The Balaban J connectivity index is 2.84. The predicted octanol–water partition coefficient (Wildman–Crippen LogP) is 2.32. The van der Waals surface area contributed by atoms with Gasteiger partial charge in [0.1, 0.15) is 5.82 Å². The van der Waals surface area contributed by atoms with Crippen molar-refractivity contribution < 1.29 is 18.7 Å². The molecule has 0 atom stereocenters. The molecule has 0 fully saturated rings. The zero-order chi connectivity index (χ0) is 14.3. The van der Waals surface area contributed by atoms with Crippen LogP contribution in [0.15, 0.2) is 22.7 Å². The molecule has 0 aliphatic heterocycles. The number of hydrogen-bond acceptors (Lipinski definition) is 3. The van der Waals surface area contributed by atoms with Crippen LogP contribution in [-0.4, -0.2) is 51.3 Å². The van der Waals surface area contributed by atoms with Gasteiger partial charge in [-0.1, -0.05) is 15.9 Å². The maximum Gasteiger partial charge on any atom is 0.256 e. The average Bonchev–Trinajstić information content (AvgIpc) is 2.38. The van der Waals surface area contributed by atoms with Gasteiger partial charge in [-0.15, -0.1) is 0 Å². The quantitative estimate of drug-likeness (QED) is 0.768. The molecule has 4 nitrogen and oxygen atoms in total. The van der Waals surface area contributed by atoms with E-state index in [-0.39, 0.29) is 11.5 Å². The molecule has 6 heteroatoms. The molecular formula is C13H17BrFNO3. The fourth-order valence-corrected chi connectivity index (χ4v) is 1.88. The van der Waals surface area contributed by atoms with E-state index in [1.54, 1.807) is 20.3 Å². The lowest BCUT2D eigenvalue weighted by molar-refractivity contribution is 0.0623. The minimum atomic E-state index is -0.542. The highest BCUT2D eigenvalue weighted by Crippen LogP contribution is 2.16. The van der Waals surface area contributed by atoms with E-state index in [0.717, 1.165) is 0 Å². The molecule has 1 amide bonds. The van der Waals surface area contributed by atoms with Crippen molar-refractivity contribution in [3.8, 4) is 0 Å². The van der Waals surface area contributed by atoms with Gasteiger partial charge < -0.3 is 14.4 Å². The molecule has 1 aromatic carbocycles. The Morgan fingerprint density at radius 2 is 1.84 bits per heavy atom. The number of benzene rings is 1. The highest BCUT2D eigenvalue weighted by molar-refractivity contribution is 9.10. The van der Waals surface area contributed by atoms with Gasteiger partial charge in [0.05, 0.1) is 18.8 Å². The molecule has 0 aliphatic rings. The van der Waals surface area contributed by atoms with Crippen LogP contribution in [-0.2, 0) is 9.47 Å². The van der Waals surface area contributed by atoms with Gasteiger partial charge in [-0.05, 0) is 18.2 Å². The molecule has 1 rings (SSSR count). The number of nitrogens with zero attached hydrogens (tertiary/aromatic N) is 1. The lowest BCUT2D eigenvalue weighted by Gasteiger charge is -2.22. The summed E-state index contributed by atoms with van der Waals surface area (Å²) in [7, 11) is 3.11. The van der Waals surface area contributed by atoms with E-state index < -0.39 is 5.82 Å². The first-order valence-corrected chi connectivity index (χ1v) is 6.61. The van der Waals surface area contributed by atoms with Crippen LogP contribution in [0.2, 0.25) is 0 Å². The maximum atomic E-state index is 13.8. The highest BCUT2D eigenvalue weighted by atomic mass is 79.9.